The van der Waals surface area contributed by atoms with Crippen LogP contribution in [-0.4, -0.2) is 53.1 Å². The molecule has 2 N–H and O–H groups in total. The first-order valence-corrected chi connectivity index (χ1v) is 9.85. The lowest BCUT2D eigenvalue weighted by Crippen LogP contribution is -2.36. The zero-order valence-corrected chi connectivity index (χ0v) is 16.7. The number of nitrogens with one attached hydrogen (secondary N) is 1. The summed E-state index contributed by atoms with van der Waals surface area (Å²) in [7, 11) is 1.50. The van der Waals surface area contributed by atoms with E-state index in [1.54, 1.807) is 22.8 Å². The molecule has 4 aromatic rings. The van der Waals surface area contributed by atoms with Gasteiger partial charge in [0.05, 0.1) is 24.5 Å². The third kappa shape index (κ3) is 3.22. The molecule has 0 spiro atoms. The van der Waals surface area contributed by atoms with E-state index in [0.717, 1.165) is 12.8 Å². The molecular formula is C20H22FN7O2. The van der Waals surface area contributed by atoms with Crippen molar-refractivity contribution in [3.8, 4) is 17.0 Å². The molecular weight excluding hydrogens is 389 g/mol. The van der Waals surface area contributed by atoms with Crippen molar-refractivity contribution in [3.05, 3.63) is 36.7 Å². The van der Waals surface area contributed by atoms with E-state index in [9.17, 15) is 9.50 Å². The van der Waals surface area contributed by atoms with E-state index in [0.29, 0.717) is 41.1 Å². The van der Waals surface area contributed by atoms with E-state index in [-0.39, 0.29) is 11.9 Å². The second-order valence-electron chi connectivity index (χ2n) is 7.99. The van der Waals surface area contributed by atoms with Gasteiger partial charge in [-0.3, -0.25) is 0 Å². The van der Waals surface area contributed by atoms with Gasteiger partial charge in [-0.1, -0.05) is 0 Å². The second-order valence-corrected chi connectivity index (χ2v) is 7.99. The van der Waals surface area contributed by atoms with Crippen LogP contribution in [0.1, 0.15) is 32.6 Å². The summed E-state index contributed by atoms with van der Waals surface area (Å²) in [6, 6.07) is 3.69. The first-order valence-electron chi connectivity index (χ1n) is 9.85. The fourth-order valence-corrected chi connectivity index (χ4v) is 4.03. The molecule has 30 heavy (non-hydrogen) atoms. The van der Waals surface area contributed by atoms with Crippen LogP contribution in [0.3, 0.4) is 0 Å². The molecule has 1 aliphatic carbocycles. The molecule has 9 nitrogen and oxygen atoms in total. The maximum absolute atomic E-state index is 15.0. The maximum atomic E-state index is 15.0. The van der Waals surface area contributed by atoms with Crippen LogP contribution in [-0.2, 0) is 0 Å². The Hall–Kier alpha value is -3.27. The molecule has 4 heterocycles. The van der Waals surface area contributed by atoms with Gasteiger partial charge in [-0.15, -0.1) is 5.10 Å². The fourth-order valence-electron chi connectivity index (χ4n) is 4.03. The largest absolute Gasteiger partial charge is 0.479 e. The predicted octanol–water partition coefficient (Wildman–Crippen LogP) is 2.69. The van der Waals surface area contributed by atoms with Gasteiger partial charge in [-0.2, -0.15) is 10.1 Å². The number of hydrogen-bond donors (Lipinski definition) is 2. The van der Waals surface area contributed by atoms with Crippen molar-refractivity contribution in [3.63, 3.8) is 0 Å². The highest BCUT2D eigenvalue weighted by Gasteiger charge is 2.29. The molecule has 0 amide bonds. The molecule has 1 fully saturated rings. The van der Waals surface area contributed by atoms with Crippen LogP contribution in [0, 0.1) is 5.82 Å². The Balaban J connectivity index is 1.53. The Kier molecular flexibility index (Phi) is 4.31. The van der Waals surface area contributed by atoms with Crippen LogP contribution in [0.25, 0.3) is 22.3 Å². The Morgan fingerprint density at radius 1 is 1.23 bits per heavy atom. The third-order valence-electron chi connectivity index (χ3n) is 5.70. The molecule has 5 rings (SSSR count). The standard InChI is InChI=1S/C20H22FN7O2/c1-20(29)7-5-13(6-8-20)24-19-25-18(30-2)17-16(14(21)10-28(17)26-19)12-3-4-15-22-11-23-27(15)9-12/h3-4,9-11,13,29H,5-8H2,1-2H3,(H,24,26)/t13-,20-. The van der Waals surface area contributed by atoms with E-state index in [4.69, 9.17) is 4.74 Å². The number of pyridine rings is 1. The average molecular weight is 411 g/mol. The summed E-state index contributed by atoms with van der Waals surface area (Å²) < 4.78 is 23.5. The SMILES string of the molecule is COc1nc(N[C@H]2CC[C@](C)(O)CC2)nn2cc(F)c(-c3ccc4ncnn4c3)c12. The molecule has 0 aromatic carbocycles. The van der Waals surface area contributed by atoms with Crippen LogP contribution in [0.4, 0.5) is 10.3 Å². The minimum absolute atomic E-state index is 0.141. The number of anilines is 1. The van der Waals surface area contributed by atoms with Crippen LogP contribution in [0.5, 0.6) is 5.88 Å². The van der Waals surface area contributed by atoms with E-state index < -0.39 is 11.4 Å². The Morgan fingerprint density at radius 2 is 2.03 bits per heavy atom. The molecule has 10 heteroatoms. The van der Waals surface area contributed by atoms with Crippen molar-refractivity contribution in [1.82, 2.24) is 29.2 Å². The summed E-state index contributed by atoms with van der Waals surface area (Å²) in [4.78, 5) is 8.59. The molecule has 0 radical (unpaired) electrons. The smallest absolute Gasteiger partial charge is 0.244 e. The molecule has 1 aliphatic rings. The van der Waals surface area contributed by atoms with Gasteiger partial charge >= 0.3 is 0 Å². The monoisotopic (exact) mass is 411 g/mol. The summed E-state index contributed by atoms with van der Waals surface area (Å²) in [6.45, 7) is 1.86. The van der Waals surface area contributed by atoms with Crippen LogP contribution in [0.15, 0.2) is 30.9 Å². The Labute approximate surface area is 171 Å². The van der Waals surface area contributed by atoms with Gasteiger partial charge in [-0.25, -0.2) is 18.4 Å². The first-order chi connectivity index (χ1) is 14.4. The highest BCUT2D eigenvalue weighted by atomic mass is 19.1. The Bertz CT molecular complexity index is 1220. The maximum Gasteiger partial charge on any atom is 0.244 e. The number of hydrogen-bond acceptors (Lipinski definition) is 7. The van der Waals surface area contributed by atoms with Crippen molar-refractivity contribution in [2.75, 3.05) is 12.4 Å². The molecule has 1 saturated carbocycles. The zero-order valence-electron chi connectivity index (χ0n) is 16.7. The highest BCUT2D eigenvalue weighted by molar-refractivity contribution is 5.85. The van der Waals surface area contributed by atoms with Crippen molar-refractivity contribution in [2.45, 2.75) is 44.2 Å². The molecule has 0 unspecified atom stereocenters. The number of fused-ring (bicyclic) bond motifs is 2. The lowest BCUT2D eigenvalue weighted by molar-refractivity contribution is 0.0195. The van der Waals surface area contributed by atoms with Crippen LogP contribution in [0.2, 0.25) is 0 Å². The lowest BCUT2D eigenvalue weighted by Gasteiger charge is -2.33. The number of nitrogens with zero attached hydrogens (tertiary/aromatic N) is 6. The van der Waals surface area contributed by atoms with Crippen molar-refractivity contribution < 1.29 is 14.2 Å². The quantitative estimate of drug-likeness (QED) is 0.532. The number of aliphatic hydroxyl groups is 1. The van der Waals surface area contributed by atoms with Gasteiger partial charge in [0.1, 0.15) is 11.8 Å². The molecule has 4 aromatic heterocycles. The van der Waals surface area contributed by atoms with Gasteiger partial charge in [0.15, 0.2) is 11.5 Å². The van der Waals surface area contributed by atoms with Gasteiger partial charge in [-0.05, 0) is 44.7 Å². The highest BCUT2D eigenvalue weighted by Crippen LogP contribution is 2.35. The van der Waals surface area contributed by atoms with Crippen molar-refractivity contribution in [2.24, 2.45) is 0 Å². The third-order valence-corrected chi connectivity index (χ3v) is 5.70. The Morgan fingerprint density at radius 3 is 2.80 bits per heavy atom. The predicted molar refractivity (Wildman–Crippen MR) is 108 cm³/mol. The summed E-state index contributed by atoms with van der Waals surface area (Å²) in [5.74, 6) is 0.194. The number of aromatic nitrogens is 6. The van der Waals surface area contributed by atoms with E-state index in [1.807, 2.05) is 6.92 Å². The zero-order chi connectivity index (χ0) is 20.9. The number of methoxy groups -OCH3 is 1. The van der Waals surface area contributed by atoms with Gasteiger partial charge in [0.25, 0.3) is 0 Å². The van der Waals surface area contributed by atoms with Crippen LogP contribution >= 0.6 is 0 Å². The molecule has 0 aliphatic heterocycles. The number of ether oxygens (including phenoxy) is 1. The summed E-state index contributed by atoms with van der Waals surface area (Å²) >= 11 is 0. The summed E-state index contributed by atoms with van der Waals surface area (Å²) in [5, 5.41) is 22.0. The van der Waals surface area contributed by atoms with Gasteiger partial charge in [0.2, 0.25) is 11.8 Å². The average Bonchev–Trinajstić information content (AvgIpc) is 3.31. The van der Waals surface area contributed by atoms with E-state index in [2.05, 4.69) is 25.5 Å². The summed E-state index contributed by atoms with van der Waals surface area (Å²) in [5.41, 5.74) is 1.44. The van der Waals surface area contributed by atoms with Crippen molar-refractivity contribution in [1.29, 1.82) is 0 Å². The molecule has 0 saturated heterocycles. The van der Waals surface area contributed by atoms with E-state index >= 15 is 0 Å². The second kappa shape index (κ2) is 6.91. The van der Waals surface area contributed by atoms with E-state index in [1.165, 1.54) is 24.1 Å². The van der Waals surface area contributed by atoms with Gasteiger partial charge in [0, 0.05) is 17.8 Å². The lowest BCUT2D eigenvalue weighted by atomic mass is 9.84. The summed E-state index contributed by atoms with van der Waals surface area (Å²) in [6.07, 6.45) is 7.49. The minimum atomic E-state index is -0.621. The number of halogens is 1. The first kappa shape index (κ1) is 18.7. The fraction of sp³-hybridized carbons (Fsp3) is 0.400. The molecule has 0 bridgehead atoms. The van der Waals surface area contributed by atoms with Crippen molar-refractivity contribution >= 4 is 17.1 Å². The van der Waals surface area contributed by atoms with Crippen LogP contribution < -0.4 is 10.1 Å². The topological polar surface area (TPSA) is 102 Å². The minimum Gasteiger partial charge on any atom is -0.479 e. The normalized spacial score (nSPS) is 21.9. The molecule has 156 valence electrons. The molecule has 0 atom stereocenters. The van der Waals surface area contributed by atoms with Gasteiger partial charge < -0.3 is 15.2 Å². The number of rotatable bonds is 4.